The molecule has 62 valence electrons. The summed E-state index contributed by atoms with van der Waals surface area (Å²) in [5, 5.41) is 1.97. The van der Waals surface area contributed by atoms with Gasteiger partial charge in [-0.25, -0.2) is 4.21 Å². The fraction of sp³-hybridized carbons (Fsp3) is 0. The van der Waals surface area contributed by atoms with Crippen LogP contribution in [0.4, 0.5) is 0 Å². The Hall–Kier alpha value is -0.190. The van der Waals surface area contributed by atoms with E-state index in [1.54, 1.807) is 0 Å². The third kappa shape index (κ3) is 1.24. The Bertz CT molecular complexity index is 419. The first-order chi connectivity index (χ1) is 5.83. The summed E-state index contributed by atoms with van der Waals surface area (Å²) in [4.78, 5) is 1.14. The molecule has 1 heterocycles. The van der Waals surface area contributed by atoms with Gasteiger partial charge in [0, 0.05) is 14.9 Å². The lowest BCUT2D eigenvalue weighted by atomic mass is 10.2. The number of rotatable bonds is 0. The molecule has 0 bridgehead atoms. The molecule has 1 aliphatic rings. The van der Waals surface area contributed by atoms with Crippen molar-refractivity contribution in [3.8, 4) is 0 Å². The van der Waals surface area contributed by atoms with Crippen molar-refractivity contribution in [2.75, 3.05) is 0 Å². The van der Waals surface area contributed by atoms with Crippen LogP contribution in [0.3, 0.4) is 0 Å². The Morgan fingerprint density at radius 2 is 2.08 bits per heavy atom. The summed E-state index contributed by atoms with van der Waals surface area (Å²) in [5.74, 6) is 0. The van der Waals surface area contributed by atoms with Gasteiger partial charge in [-0.1, -0.05) is 18.2 Å². The van der Waals surface area contributed by atoms with Crippen molar-refractivity contribution in [2.45, 2.75) is 4.90 Å². The van der Waals surface area contributed by atoms with Gasteiger partial charge in [-0.2, -0.15) is 0 Å². The highest BCUT2D eigenvalue weighted by Gasteiger charge is 2.14. The molecule has 4 heteroatoms. The van der Waals surface area contributed by atoms with Crippen molar-refractivity contribution in [3.05, 3.63) is 35.2 Å². The summed E-state index contributed by atoms with van der Waals surface area (Å²) in [6.45, 7) is 0. The Labute approximate surface area is 84.3 Å². The minimum absolute atomic E-state index is 0.287. The molecule has 0 spiro atoms. The molecule has 0 fully saturated rings. The second-order valence-electron chi connectivity index (χ2n) is 2.33. The predicted octanol–water partition coefficient (Wildman–Crippen LogP) is 2.50. The lowest BCUT2D eigenvalue weighted by Gasteiger charge is -1.96. The van der Waals surface area contributed by atoms with Crippen LogP contribution in [0.25, 0.3) is 4.48 Å². The second kappa shape index (κ2) is 3.28. The molecule has 1 aliphatic heterocycles. The van der Waals surface area contributed by atoms with Crippen LogP contribution in [0.1, 0.15) is 5.56 Å². The third-order valence-electron chi connectivity index (χ3n) is 1.64. The average molecular weight is 261 g/mol. The Balaban J connectivity index is 2.76. The van der Waals surface area contributed by atoms with Crippen LogP contribution in [0, 0.1) is 0 Å². The van der Waals surface area contributed by atoms with Gasteiger partial charge in [-0.05, 0) is 36.9 Å². The largest absolute Gasteiger partial charge is 0.205 e. The first-order valence-corrected chi connectivity index (χ1v) is 6.67. The van der Waals surface area contributed by atoms with E-state index in [4.69, 9.17) is 0 Å². The molecule has 2 rings (SSSR count). The zero-order valence-electron chi connectivity index (χ0n) is 5.99. The quantitative estimate of drug-likeness (QED) is 0.701. The highest BCUT2D eigenvalue weighted by Crippen LogP contribution is 2.34. The number of halogens is 1. The number of fused-ring (bicyclic) bond motifs is 1. The number of hydrogen-bond acceptors (Lipinski definition) is 1. The van der Waals surface area contributed by atoms with E-state index >= 15 is 0 Å². The van der Waals surface area contributed by atoms with Gasteiger partial charge in [0.05, 0.1) is 0 Å². The van der Waals surface area contributed by atoms with Crippen molar-refractivity contribution < 1.29 is 4.21 Å². The standard InChI is InChI=1S/C8H5BrOS2/c9-7-5-12(11-10)8-4-2-1-3-6(7)8/h1-5H. The summed E-state index contributed by atoms with van der Waals surface area (Å²) >= 11 is 3.43. The zero-order chi connectivity index (χ0) is 8.55. The van der Waals surface area contributed by atoms with Crippen molar-refractivity contribution >= 4 is 40.1 Å². The smallest absolute Gasteiger partial charge is 0.129 e. The molecular formula is C8H5BrOS2. The fourth-order valence-electron chi connectivity index (χ4n) is 1.12. The molecule has 1 atom stereocenters. The van der Waals surface area contributed by atoms with Gasteiger partial charge in [0.2, 0.25) is 0 Å². The molecule has 1 aromatic rings. The summed E-state index contributed by atoms with van der Waals surface area (Å²) in [5.41, 5.74) is 1.16. The van der Waals surface area contributed by atoms with Crippen LogP contribution < -0.4 is 0 Å². The Kier molecular flexibility index (Phi) is 2.30. The maximum atomic E-state index is 10.7. The highest BCUT2D eigenvalue weighted by atomic mass is 79.9. The van der Waals surface area contributed by atoms with Crippen LogP contribution in [-0.2, 0) is 19.7 Å². The minimum atomic E-state index is -0.287. The summed E-state index contributed by atoms with van der Waals surface area (Å²) < 4.78 is 11.8. The molecule has 0 radical (unpaired) electrons. The van der Waals surface area contributed by atoms with E-state index in [0.717, 1.165) is 14.9 Å². The minimum Gasteiger partial charge on any atom is -0.205 e. The zero-order valence-corrected chi connectivity index (χ0v) is 9.21. The molecule has 0 saturated heterocycles. The first kappa shape index (κ1) is 8.41. The van der Waals surface area contributed by atoms with Crippen molar-refractivity contribution in [1.29, 1.82) is 0 Å². The van der Waals surface area contributed by atoms with E-state index in [1.807, 2.05) is 29.7 Å². The van der Waals surface area contributed by atoms with Crippen LogP contribution in [-0.4, -0.2) is 4.21 Å². The van der Waals surface area contributed by atoms with Gasteiger partial charge in [-0.15, -0.1) is 0 Å². The molecule has 0 aromatic heterocycles. The third-order valence-corrected chi connectivity index (χ3v) is 5.26. The summed E-state index contributed by atoms with van der Waals surface area (Å²) in [7, 11) is 0.363. The molecule has 1 unspecified atom stereocenters. The molecule has 1 nitrogen and oxygen atoms in total. The molecule has 12 heavy (non-hydrogen) atoms. The maximum absolute atomic E-state index is 10.7. The van der Waals surface area contributed by atoms with Gasteiger partial charge in [0.15, 0.2) is 0 Å². The second-order valence-corrected chi connectivity index (χ2v) is 6.07. The van der Waals surface area contributed by atoms with E-state index < -0.39 is 0 Å². The Morgan fingerprint density at radius 1 is 1.33 bits per heavy atom. The number of hydrogen-bond donors (Lipinski definition) is 0. The van der Waals surface area contributed by atoms with Crippen molar-refractivity contribution in [3.63, 3.8) is 0 Å². The molecule has 0 saturated carbocycles. The van der Waals surface area contributed by atoms with Crippen LogP contribution >= 0.6 is 15.9 Å². The van der Waals surface area contributed by atoms with Gasteiger partial charge >= 0.3 is 0 Å². The van der Waals surface area contributed by atoms with E-state index in [2.05, 4.69) is 15.9 Å². The predicted molar refractivity (Wildman–Crippen MR) is 57.1 cm³/mol. The topological polar surface area (TPSA) is 17.1 Å². The SMILES string of the molecule is O=S=S1C=C(Br)c2ccccc21. The lowest BCUT2D eigenvalue weighted by molar-refractivity contribution is 0.701. The van der Waals surface area contributed by atoms with E-state index in [1.165, 1.54) is 0 Å². The molecule has 0 aliphatic carbocycles. The fourth-order valence-corrected chi connectivity index (χ4v) is 4.75. The van der Waals surface area contributed by atoms with Gasteiger partial charge in [0.25, 0.3) is 0 Å². The van der Waals surface area contributed by atoms with Gasteiger partial charge in [0.1, 0.15) is 10.2 Å². The van der Waals surface area contributed by atoms with Crippen LogP contribution in [0.15, 0.2) is 34.6 Å². The van der Waals surface area contributed by atoms with E-state index in [0.29, 0.717) is 10.2 Å². The molecule has 1 aromatic carbocycles. The highest BCUT2D eigenvalue weighted by molar-refractivity contribution is 9.15. The lowest BCUT2D eigenvalue weighted by Crippen LogP contribution is -1.82. The molecule has 0 amide bonds. The molecular weight excluding hydrogens is 256 g/mol. The Morgan fingerprint density at radius 3 is 2.83 bits per heavy atom. The summed E-state index contributed by atoms with van der Waals surface area (Å²) in [6.07, 6.45) is 0. The average Bonchev–Trinajstić information content (AvgIpc) is 2.44. The number of benzene rings is 1. The van der Waals surface area contributed by atoms with Crippen molar-refractivity contribution in [2.24, 2.45) is 0 Å². The van der Waals surface area contributed by atoms with Gasteiger partial charge in [-0.3, -0.25) is 0 Å². The van der Waals surface area contributed by atoms with Crippen LogP contribution in [0.2, 0.25) is 0 Å². The maximum Gasteiger partial charge on any atom is 0.129 e. The summed E-state index contributed by atoms with van der Waals surface area (Å²) in [6, 6.07) is 7.98. The monoisotopic (exact) mass is 260 g/mol. The van der Waals surface area contributed by atoms with Crippen LogP contribution in [0.5, 0.6) is 0 Å². The van der Waals surface area contributed by atoms with Gasteiger partial charge < -0.3 is 0 Å². The van der Waals surface area contributed by atoms with E-state index in [-0.39, 0.29) is 9.45 Å². The van der Waals surface area contributed by atoms with E-state index in [9.17, 15) is 4.21 Å². The van der Waals surface area contributed by atoms with Crippen molar-refractivity contribution in [1.82, 2.24) is 0 Å². The first-order valence-electron chi connectivity index (χ1n) is 3.33. The molecule has 0 N–H and O–H groups in total. The normalized spacial score (nSPS) is 20.1.